The molecule has 2 rings (SSSR count). The van der Waals surface area contributed by atoms with Crippen molar-refractivity contribution in [1.82, 2.24) is 0 Å². The van der Waals surface area contributed by atoms with Gasteiger partial charge in [-0.15, -0.1) is 23.2 Å². The highest BCUT2D eigenvalue weighted by Gasteiger charge is 2.36. The second kappa shape index (κ2) is 2.75. The Hall–Kier alpha value is -0.530. The molecule has 0 heterocycles. The van der Waals surface area contributed by atoms with Gasteiger partial charge >= 0.3 is 0 Å². The van der Waals surface area contributed by atoms with Crippen LogP contribution in [0.1, 0.15) is 21.3 Å². The van der Waals surface area contributed by atoms with E-state index in [1.54, 1.807) is 6.07 Å². The van der Waals surface area contributed by atoms with E-state index in [4.69, 9.17) is 23.2 Å². The minimum Gasteiger partial charge on any atom is -0.292 e. The van der Waals surface area contributed by atoms with Crippen LogP contribution in [0.15, 0.2) is 24.3 Å². The minimum absolute atomic E-state index is 0.0627. The van der Waals surface area contributed by atoms with Gasteiger partial charge in [0.05, 0.1) is 5.38 Å². The number of Topliss-reactive ketones (excluding diaryl/α,β-unsaturated/α-hetero) is 1. The number of alkyl halides is 2. The predicted octanol–water partition coefficient (Wildman–Crippen LogP) is 2.77. The fourth-order valence-corrected chi connectivity index (χ4v) is 1.96. The average molecular weight is 201 g/mol. The topological polar surface area (TPSA) is 17.1 Å². The van der Waals surface area contributed by atoms with E-state index in [-0.39, 0.29) is 11.2 Å². The molecule has 1 nitrogen and oxygen atoms in total. The maximum Gasteiger partial charge on any atom is 0.182 e. The SMILES string of the molecule is O=C1c2ccccc2[C@H](Cl)[C@H]1Cl. The summed E-state index contributed by atoms with van der Waals surface area (Å²) in [5.41, 5.74) is 1.52. The number of fused-ring (bicyclic) bond motifs is 1. The van der Waals surface area contributed by atoms with Crippen molar-refractivity contribution in [3.8, 4) is 0 Å². The summed E-state index contributed by atoms with van der Waals surface area (Å²) in [4.78, 5) is 11.4. The standard InChI is InChI=1S/C9H6Cl2O/c10-7-5-3-1-2-4-6(5)9(12)8(7)11/h1-4,7-8H/t7-,8+/m0/s1. The zero-order valence-electron chi connectivity index (χ0n) is 6.13. The molecular weight excluding hydrogens is 195 g/mol. The fraction of sp³-hybridized carbons (Fsp3) is 0.222. The number of hydrogen-bond acceptors (Lipinski definition) is 1. The molecule has 0 saturated heterocycles. The van der Waals surface area contributed by atoms with Crippen molar-refractivity contribution < 1.29 is 4.79 Å². The van der Waals surface area contributed by atoms with Gasteiger partial charge in [-0.2, -0.15) is 0 Å². The van der Waals surface area contributed by atoms with E-state index in [2.05, 4.69) is 0 Å². The van der Waals surface area contributed by atoms with Crippen LogP contribution in [-0.4, -0.2) is 11.2 Å². The lowest BCUT2D eigenvalue weighted by Crippen LogP contribution is -2.08. The quantitative estimate of drug-likeness (QED) is 0.589. The highest BCUT2D eigenvalue weighted by molar-refractivity contribution is 6.42. The van der Waals surface area contributed by atoms with Gasteiger partial charge in [0.15, 0.2) is 5.78 Å². The van der Waals surface area contributed by atoms with Crippen LogP contribution in [0.5, 0.6) is 0 Å². The van der Waals surface area contributed by atoms with E-state index in [0.29, 0.717) is 5.56 Å². The molecule has 62 valence electrons. The lowest BCUT2D eigenvalue weighted by Gasteiger charge is -2.02. The second-order valence-corrected chi connectivity index (χ2v) is 3.70. The van der Waals surface area contributed by atoms with Gasteiger partial charge in [0.2, 0.25) is 0 Å². The summed E-state index contributed by atoms with van der Waals surface area (Å²) in [6, 6.07) is 7.27. The average Bonchev–Trinajstić information content (AvgIpc) is 2.33. The molecule has 0 spiro atoms. The summed E-state index contributed by atoms with van der Waals surface area (Å²) in [5, 5.41) is -0.959. The summed E-state index contributed by atoms with van der Waals surface area (Å²) in [5.74, 6) is -0.0627. The molecule has 3 heteroatoms. The van der Waals surface area contributed by atoms with Crippen LogP contribution >= 0.6 is 23.2 Å². The Labute approximate surface area is 80.3 Å². The Bertz CT molecular complexity index is 335. The number of benzene rings is 1. The smallest absolute Gasteiger partial charge is 0.182 e. The Morgan fingerprint density at radius 3 is 2.42 bits per heavy atom. The first-order valence-electron chi connectivity index (χ1n) is 3.63. The maximum absolute atomic E-state index is 11.4. The van der Waals surface area contributed by atoms with Gasteiger partial charge in [-0.3, -0.25) is 4.79 Å². The Balaban J connectivity index is 2.59. The van der Waals surface area contributed by atoms with Crippen LogP contribution in [0.4, 0.5) is 0 Å². The molecule has 12 heavy (non-hydrogen) atoms. The number of carbonyl (C=O) groups is 1. The van der Waals surface area contributed by atoms with Gasteiger partial charge in [-0.05, 0) is 5.56 Å². The van der Waals surface area contributed by atoms with E-state index in [1.165, 1.54) is 0 Å². The van der Waals surface area contributed by atoms with Crippen LogP contribution in [0, 0.1) is 0 Å². The molecule has 1 aromatic carbocycles. The first kappa shape index (κ1) is 8.09. The maximum atomic E-state index is 11.4. The van der Waals surface area contributed by atoms with E-state index in [9.17, 15) is 4.79 Å². The van der Waals surface area contributed by atoms with Gasteiger partial charge in [0.25, 0.3) is 0 Å². The highest BCUT2D eigenvalue weighted by Crippen LogP contribution is 2.38. The van der Waals surface area contributed by atoms with Crippen LogP contribution in [0.3, 0.4) is 0 Å². The van der Waals surface area contributed by atoms with E-state index >= 15 is 0 Å². The molecule has 1 aromatic rings. The van der Waals surface area contributed by atoms with Gasteiger partial charge in [-0.1, -0.05) is 24.3 Å². The van der Waals surface area contributed by atoms with Crippen LogP contribution in [0.25, 0.3) is 0 Å². The Morgan fingerprint density at radius 1 is 1.08 bits per heavy atom. The number of hydrogen-bond donors (Lipinski definition) is 0. The summed E-state index contributed by atoms with van der Waals surface area (Å²) in [7, 11) is 0. The molecule has 1 aliphatic rings. The van der Waals surface area contributed by atoms with Crippen LogP contribution in [0.2, 0.25) is 0 Å². The fourth-order valence-electron chi connectivity index (χ4n) is 1.40. The van der Waals surface area contributed by atoms with Gasteiger partial charge < -0.3 is 0 Å². The minimum atomic E-state index is -0.593. The molecule has 1 aliphatic carbocycles. The molecule has 0 aliphatic heterocycles. The molecule has 2 atom stereocenters. The van der Waals surface area contributed by atoms with Gasteiger partial charge in [0, 0.05) is 5.56 Å². The normalized spacial score (nSPS) is 27.3. The first-order valence-corrected chi connectivity index (χ1v) is 4.50. The zero-order chi connectivity index (χ0) is 8.72. The van der Waals surface area contributed by atoms with Gasteiger partial charge in [-0.25, -0.2) is 0 Å². The van der Waals surface area contributed by atoms with Crippen molar-refractivity contribution in [3.63, 3.8) is 0 Å². The Kier molecular flexibility index (Phi) is 1.85. The molecular formula is C9H6Cl2O. The largest absolute Gasteiger partial charge is 0.292 e. The number of halogens is 2. The lowest BCUT2D eigenvalue weighted by molar-refractivity contribution is 0.0997. The van der Waals surface area contributed by atoms with Crippen molar-refractivity contribution in [2.75, 3.05) is 0 Å². The number of carbonyl (C=O) groups excluding carboxylic acids is 1. The number of ketones is 1. The second-order valence-electron chi connectivity index (χ2n) is 2.76. The third-order valence-corrected chi connectivity index (χ3v) is 3.10. The molecule has 0 amide bonds. The molecule has 0 aromatic heterocycles. The summed E-state index contributed by atoms with van der Waals surface area (Å²) in [6.07, 6.45) is 0. The monoisotopic (exact) mass is 200 g/mol. The van der Waals surface area contributed by atoms with Crippen molar-refractivity contribution in [2.45, 2.75) is 10.8 Å². The van der Waals surface area contributed by atoms with E-state index in [0.717, 1.165) is 5.56 Å². The molecule has 0 N–H and O–H groups in total. The van der Waals surface area contributed by atoms with Gasteiger partial charge in [0.1, 0.15) is 5.38 Å². The summed E-state index contributed by atoms with van der Waals surface area (Å²) < 4.78 is 0. The molecule has 0 radical (unpaired) electrons. The molecule has 0 fully saturated rings. The molecule has 0 bridgehead atoms. The lowest BCUT2D eigenvalue weighted by atomic mass is 10.1. The molecule has 0 saturated carbocycles. The number of rotatable bonds is 0. The Morgan fingerprint density at radius 2 is 1.75 bits per heavy atom. The predicted molar refractivity (Wildman–Crippen MR) is 49.0 cm³/mol. The van der Waals surface area contributed by atoms with Crippen molar-refractivity contribution in [3.05, 3.63) is 35.4 Å². The van der Waals surface area contributed by atoms with Crippen molar-refractivity contribution >= 4 is 29.0 Å². The van der Waals surface area contributed by atoms with Crippen molar-refractivity contribution in [2.24, 2.45) is 0 Å². The van der Waals surface area contributed by atoms with E-state index < -0.39 is 5.38 Å². The van der Waals surface area contributed by atoms with Crippen LogP contribution < -0.4 is 0 Å². The highest BCUT2D eigenvalue weighted by atomic mass is 35.5. The van der Waals surface area contributed by atoms with E-state index in [1.807, 2.05) is 18.2 Å². The first-order chi connectivity index (χ1) is 5.72. The molecule has 0 unspecified atom stereocenters. The summed E-state index contributed by atoms with van der Waals surface area (Å²) in [6.45, 7) is 0. The third kappa shape index (κ3) is 0.970. The zero-order valence-corrected chi connectivity index (χ0v) is 7.64. The van der Waals surface area contributed by atoms with Crippen molar-refractivity contribution in [1.29, 1.82) is 0 Å². The summed E-state index contributed by atoms with van der Waals surface area (Å²) >= 11 is 11.7. The third-order valence-electron chi connectivity index (χ3n) is 2.03. The van der Waals surface area contributed by atoms with Crippen LogP contribution in [-0.2, 0) is 0 Å².